The fraction of sp³-hybridized carbons (Fsp3) is 0.417. The largest absolute Gasteiger partial charge is 0.457 e. The van der Waals surface area contributed by atoms with Crippen molar-refractivity contribution in [1.29, 1.82) is 0 Å². The van der Waals surface area contributed by atoms with E-state index in [0.717, 1.165) is 0 Å². The van der Waals surface area contributed by atoms with E-state index in [9.17, 15) is 14.4 Å². The van der Waals surface area contributed by atoms with Gasteiger partial charge in [0, 0.05) is 0 Å². The second-order valence-electron chi connectivity index (χ2n) is 3.84. The van der Waals surface area contributed by atoms with Crippen molar-refractivity contribution >= 4 is 18.0 Å². The molecule has 0 fully saturated rings. The van der Waals surface area contributed by atoms with Crippen molar-refractivity contribution in [2.45, 2.75) is 20.4 Å². The van der Waals surface area contributed by atoms with Crippen LogP contribution in [0, 0.1) is 6.92 Å². The van der Waals surface area contributed by atoms with Crippen LogP contribution in [-0.4, -0.2) is 46.2 Å². The minimum atomic E-state index is -0.842. The first-order valence-corrected chi connectivity index (χ1v) is 6.14. The number of alkyl carbamates (subject to hydrolysis) is 1. The van der Waals surface area contributed by atoms with Crippen molar-refractivity contribution in [2.24, 2.45) is 0 Å². The molecule has 0 spiro atoms. The van der Waals surface area contributed by atoms with Crippen LogP contribution in [0.1, 0.15) is 23.1 Å². The molecule has 0 bridgehead atoms. The maximum absolute atomic E-state index is 11.6. The lowest BCUT2D eigenvalue weighted by Gasteiger charge is -2.05. The van der Waals surface area contributed by atoms with Gasteiger partial charge in [-0.2, -0.15) is 0 Å². The molecule has 1 rings (SSSR count). The predicted molar refractivity (Wildman–Crippen MR) is 70.4 cm³/mol. The maximum Gasteiger partial charge on any atom is 0.413 e. The first kappa shape index (κ1) is 16.3. The summed E-state index contributed by atoms with van der Waals surface area (Å²) in [4.78, 5) is 34.3. The summed E-state index contributed by atoms with van der Waals surface area (Å²) in [6.45, 7) is 6.53. The van der Waals surface area contributed by atoms with Crippen LogP contribution in [0.25, 0.3) is 0 Å². The van der Waals surface area contributed by atoms with Crippen molar-refractivity contribution in [3.63, 3.8) is 0 Å². The molecular formula is C12H16N4O5. The Morgan fingerprint density at radius 2 is 2.10 bits per heavy atom. The lowest BCUT2D eigenvalue weighted by molar-refractivity contribution is -0.121. The average molecular weight is 296 g/mol. The van der Waals surface area contributed by atoms with Crippen LogP contribution in [0.3, 0.4) is 0 Å². The molecule has 1 heterocycles. The Hall–Kier alpha value is -2.71. The highest BCUT2D eigenvalue weighted by Gasteiger charge is 2.19. The van der Waals surface area contributed by atoms with Crippen LogP contribution in [0.5, 0.6) is 0 Å². The third-order valence-electron chi connectivity index (χ3n) is 2.32. The third-order valence-corrected chi connectivity index (χ3v) is 2.32. The van der Waals surface area contributed by atoms with Crippen molar-refractivity contribution < 1.29 is 23.9 Å². The van der Waals surface area contributed by atoms with Gasteiger partial charge in [-0.3, -0.25) is 10.1 Å². The lowest BCUT2D eigenvalue weighted by Crippen LogP contribution is -2.34. The number of ether oxygens (including phenoxy) is 2. The van der Waals surface area contributed by atoms with Gasteiger partial charge in [-0.25, -0.2) is 14.3 Å². The third kappa shape index (κ3) is 4.71. The Labute approximate surface area is 120 Å². The molecule has 0 aliphatic rings. The molecule has 0 saturated heterocycles. The predicted octanol–water partition coefficient (Wildman–Crippen LogP) is 0.202. The molecule has 0 unspecified atom stereocenters. The van der Waals surface area contributed by atoms with E-state index in [1.165, 1.54) is 10.8 Å². The Bertz CT molecular complexity index is 552. The number of amides is 2. The van der Waals surface area contributed by atoms with E-state index < -0.39 is 18.0 Å². The fourth-order valence-electron chi connectivity index (χ4n) is 1.36. The van der Waals surface area contributed by atoms with Gasteiger partial charge in [0.25, 0.3) is 5.91 Å². The van der Waals surface area contributed by atoms with Gasteiger partial charge in [0.1, 0.15) is 13.2 Å². The molecule has 0 aliphatic heterocycles. The molecule has 0 radical (unpaired) electrons. The monoisotopic (exact) mass is 296 g/mol. The molecule has 9 heteroatoms. The van der Waals surface area contributed by atoms with Crippen LogP contribution in [0.4, 0.5) is 4.79 Å². The van der Waals surface area contributed by atoms with Crippen LogP contribution in [0.15, 0.2) is 12.7 Å². The van der Waals surface area contributed by atoms with Gasteiger partial charge in [0.2, 0.25) is 0 Å². The number of imide groups is 1. The van der Waals surface area contributed by atoms with E-state index >= 15 is 0 Å². The highest BCUT2D eigenvalue weighted by Crippen LogP contribution is 2.05. The van der Waals surface area contributed by atoms with Crippen LogP contribution >= 0.6 is 0 Å². The van der Waals surface area contributed by atoms with Crippen molar-refractivity contribution in [3.05, 3.63) is 24.0 Å². The highest BCUT2D eigenvalue weighted by molar-refractivity contribution is 5.92. The van der Waals surface area contributed by atoms with Gasteiger partial charge in [-0.05, 0) is 13.8 Å². The summed E-state index contributed by atoms with van der Waals surface area (Å²) in [6.07, 6.45) is 0.579. The average Bonchev–Trinajstić information content (AvgIpc) is 2.77. The summed E-state index contributed by atoms with van der Waals surface area (Å²) >= 11 is 0. The summed E-state index contributed by atoms with van der Waals surface area (Å²) in [5, 5.41) is 9.32. The summed E-state index contributed by atoms with van der Waals surface area (Å²) in [7, 11) is 0. The minimum absolute atomic E-state index is 0.000727. The van der Waals surface area contributed by atoms with Crippen LogP contribution < -0.4 is 5.32 Å². The highest BCUT2D eigenvalue weighted by atomic mass is 16.5. The molecule has 0 saturated carbocycles. The normalized spacial score (nSPS) is 9.81. The van der Waals surface area contributed by atoms with E-state index in [0.29, 0.717) is 5.69 Å². The molecule has 1 aromatic heterocycles. The number of esters is 1. The number of carbonyl (C=O) groups is 3. The molecule has 2 amide bonds. The number of nitrogens with zero attached hydrogens (tertiary/aromatic N) is 3. The minimum Gasteiger partial charge on any atom is -0.457 e. The Morgan fingerprint density at radius 3 is 2.71 bits per heavy atom. The van der Waals surface area contributed by atoms with Crippen molar-refractivity contribution in [1.82, 2.24) is 20.3 Å². The number of hydrogen-bond donors (Lipinski definition) is 1. The quantitative estimate of drug-likeness (QED) is 0.589. The SMILES string of the molecule is C=CCOC(=O)c1nnn(CC(=O)NC(=O)OCC)c1C. The van der Waals surface area contributed by atoms with Crippen LogP contribution in [-0.2, 0) is 20.8 Å². The number of aromatic nitrogens is 3. The van der Waals surface area contributed by atoms with Gasteiger partial charge in [0.15, 0.2) is 5.69 Å². The van der Waals surface area contributed by atoms with E-state index in [1.54, 1.807) is 13.8 Å². The molecule has 0 aliphatic carbocycles. The maximum atomic E-state index is 11.6. The lowest BCUT2D eigenvalue weighted by atomic mass is 10.3. The molecule has 1 aromatic rings. The summed E-state index contributed by atoms with van der Waals surface area (Å²) in [5.41, 5.74) is 0.351. The standard InChI is InChI=1S/C12H16N4O5/c1-4-6-21-11(18)10-8(3)16(15-14-10)7-9(17)13-12(19)20-5-2/h4H,1,5-7H2,2-3H3,(H,13,17,19). The van der Waals surface area contributed by atoms with E-state index in [-0.39, 0.29) is 25.5 Å². The van der Waals surface area contributed by atoms with Gasteiger partial charge < -0.3 is 9.47 Å². The second-order valence-corrected chi connectivity index (χ2v) is 3.84. The number of carbonyl (C=O) groups excluding carboxylic acids is 3. The molecule has 9 nitrogen and oxygen atoms in total. The molecular weight excluding hydrogens is 280 g/mol. The Kier molecular flexibility index (Phi) is 6.05. The van der Waals surface area contributed by atoms with E-state index in [4.69, 9.17) is 4.74 Å². The van der Waals surface area contributed by atoms with Gasteiger partial charge in [-0.1, -0.05) is 17.9 Å². The van der Waals surface area contributed by atoms with Crippen LogP contribution in [0.2, 0.25) is 0 Å². The smallest absolute Gasteiger partial charge is 0.413 e. The second kappa shape index (κ2) is 7.78. The van der Waals surface area contributed by atoms with Gasteiger partial charge in [-0.15, -0.1) is 5.10 Å². The number of hydrogen-bond acceptors (Lipinski definition) is 7. The first-order chi connectivity index (χ1) is 9.99. The van der Waals surface area contributed by atoms with E-state index in [1.807, 2.05) is 5.32 Å². The van der Waals surface area contributed by atoms with Crippen molar-refractivity contribution in [2.75, 3.05) is 13.2 Å². The Balaban J connectivity index is 2.67. The zero-order chi connectivity index (χ0) is 15.8. The zero-order valence-corrected chi connectivity index (χ0v) is 11.8. The molecule has 21 heavy (non-hydrogen) atoms. The Morgan fingerprint density at radius 1 is 1.38 bits per heavy atom. The van der Waals surface area contributed by atoms with Gasteiger partial charge in [0.05, 0.1) is 12.3 Å². The first-order valence-electron chi connectivity index (χ1n) is 6.14. The van der Waals surface area contributed by atoms with Crippen molar-refractivity contribution in [3.8, 4) is 0 Å². The summed E-state index contributed by atoms with van der Waals surface area (Å²) in [6, 6.07) is 0. The van der Waals surface area contributed by atoms with Gasteiger partial charge >= 0.3 is 12.1 Å². The fourth-order valence-corrected chi connectivity index (χ4v) is 1.36. The van der Waals surface area contributed by atoms with E-state index in [2.05, 4.69) is 21.6 Å². The number of nitrogens with one attached hydrogen (secondary N) is 1. The molecule has 0 aromatic carbocycles. The number of rotatable bonds is 6. The molecule has 0 atom stereocenters. The molecule has 114 valence electrons. The molecule has 1 N–H and O–H groups in total. The summed E-state index contributed by atoms with van der Waals surface area (Å²) in [5.74, 6) is -1.29. The zero-order valence-electron chi connectivity index (χ0n) is 11.8. The summed E-state index contributed by atoms with van der Waals surface area (Å²) < 4.78 is 10.6. The topological polar surface area (TPSA) is 112 Å².